The first-order chi connectivity index (χ1) is 16.9. The minimum Gasteiger partial charge on any atom is -0.478 e. The highest BCUT2D eigenvalue weighted by molar-refractivity contribution is 5.56. The summed E-state index contributed by atoms with van der Waals surface area (Å²) >= 11 is 0. The average Bonchev–Trinajstić information content (AvgIpc) is 2.86. The zero-order valence-electron chi connectivity index (χ0n) is 21.0. The van der Waals surface area contributed by atoms with Gasteiger partial charge in [-0.2, -0.15) is 0 Å². The van der Waals surface area contributed by atoms with Gasteiger partial charge in [0.1, 0.15) is 37.4 Å². The highest BCUT2D eigenvalue weighted by atomic mass is 16.5. The van der Waals surface area contributed by atoms with Gasteiger partial charge in [-0.25, -0.2) is 0 Å². The molecule has 0 unspecified atom stereocenters. The Bertz CT molecular complexity index is 1120. The maximum absolute atomic E-state index is 5.97. The van der Waals surface area contributed by atoms with Crippen LogP contribution in [0.4, 0.5) is 0 Å². The van der Waals surface area contributed by atoms with Gasteiger partial charge in [-0.3, -0.25) is 14.7 Å². The molecule has 3 aliphatic rings. The molecule has 0 aliphatic carbocycles. The van der Waals surface area contributed by atoms with Crippen LogP contribution in [-0.2, 0) is 25.0 Å². The summed E-state index contributed by atoms with van der Waals surface area (Å²) in [7, 11) is 6.28. The Kier molecular flexibility index (Phi) is 5.48. The fourth-order valence-electron chi connectivity index (χ4n) is 5.51. The van der Waals surface area contributed by atoms with E-state index in [9.17, 15) is 0 Å². The zero-order chi connectivity index (χ0) is 24.2. The van der Waals surface area contributed by atoms with Crippen LogP contribution >= 0.6 is 0 Å². The maximum Gasteiger partial charge on any atom is 0.142 e. The lowest BCUT2D eigenvalue weighted by Gasteiger charge is -2.36. The minimum absolute atomic E-state index is 0.360. The van der Waals surface area contributed by atoms with E-state index < -0.39 is 0 Å². The van der Waals surface area contributed by atoms with Crippen molar-refractivity contribution in [2.24, 2.45) is 0 Å². The minimum atomic E-state index is -0.360. The van der Waals surface area contributed by atoms with E-state index in [1.807, 2.05) is 0 Å². The molecule has 0 radical (unpaired) electrons. The van der Waals surface area contributed by atoms with Gasteiger partial charge in [0.15, 0.2) is 0 Å². The summed E-state index contributed by atoms with van der Waals surface area (Å²) in [6.07, 6.45) is 0. The predicted octanol–water partition coefficient (Wildman–Crippen LogP) is 4.39. The smallest absolute Gasteiger partial charge is 0.142 e. The second kappa shape index (κ2) is 8.55. The Hall–Kier alpha value is -3.06. The third-order valence-corrected chi connectivity index (χ3v) is 7.56. The Balaban J connectivity index is 1.52. The van der Waals surface area contributed by atoms with Crippen molar-refractivity contribution in [3.63, 3.8) is 0 Å². The summed E-state index contributed by atoms with van der Waals surface area (Å²) in [5, 5.41) is 0. The Morgan fingerprint density at radius 2 is 0.857 bits per heavy atom. The van der Waals surface area contributed by atoms with Crippen LogP contribution in [0.25, 0.3) is 0 Å². The summed E-state index contributed by atoms with van der Waals surface area (Å²) in [6, 6.07) is 20.1. The van der Waals surface area contributed by atoms with E-state index >= 15 is 0 Å². The first-order valence-electron chi connectivity index (χ1n) is 12.2. The van der Waals surface area contributed by atoms with Gasteiger partial charge in [-0.05, 0) is 81.2 Å². The molecule has 3 aromatic rings. The fraction of sp³-hybridized carbons (Fsp3) is 0.379. The van der Waals surface area contributed by atoms with Crippen LogP contribution < -0.4 is 14.2 Å². The van der Waals surface area contributed by atoms with Crippen molar-refractivity contribution in [2.75, 3.05) is 41.3 Å². The first-order valence-corrected chi connectivity index (χ1v) is 12.2. The first kappa shape index (κ1) is 22.4. The quantitative estimate of drug-likeness (QED) is 0.528. The van der Waals surface area contributed by atoms with Gasteiger partial charge in [-0.15, -0.1) is 0 Å². The number of benzene rings is 3. The van der Waals surface area contributed by atoms with Gasteiger partial charge >= 0.3 is 0 Å². The van der Waals surface area contributed by atoms with Gasteiger partial charge in [0.2, 0.25) is 0 Å². The number of hydrogen-bond donors (Lipinski definition) is 0. The molecular weight excluding hydrogens is 438 g/mol. The third kappa shape index (κ3) is 3.96. The van der Waals surface area contributed by atoms with Crippen molar-refractivity contribution >= 4 is 0 Å². The number of fused-ring (bicyclic) bond motifs is 3. The van der Waals surface area contributed by atoms with Crippen LogP contribution in [0.3, 0.4) is 0 Å². The Morgan fingerprint density at radius 1 is 0.543 bits per heavy atom. The lowest BCUT2D eigenvalue weighted by Crippen LogP contribution is -2.32. The molecule has 6 nitrogen and oxygen atoms in total. The molecule has 182 valence electrons. The molecule has 0 amide bonds. The summed E-state index contributed by atoms with van der Waals surface area (Å²) in [5.74, 6) is 2.94. The highest BCUT2D eigenvalue weighted by Crippen LogP contribution is 2.44. The largest absolute Gasteiger partial charge is 0.478 e. The predicted molar refractivity (Wildman–Crippen MR) is 136 cm³/mol. The van der Waals surface area contributed by atoms with Gasteiger partial charge in [0, 0.05) is 41.7 Å². The van der Waals surface area contributed by atoms with Gasteiger partial charge in [-0.1, -0.05) is 18.2 Å². The van der Waals surface area contributed by atoms with Crippen LogP contribution in [0.5, 0.6) is 17.2 Å². The monoisotopic (exact) mass is 471 g/mol. The number of nitrogens with zero attached hydrogens (tertiary/aromatic N) is 3. The van der Waals surface area contributed by atoms with E-state index in [0.717, 1.165) is 36.9 Å². The van der Waals surface area contributed by atoms with E-state index in [2.05, 4.69) is 97.4 Å². The van der Waals surface area contributed by atoms with Crippen molar-refractivity contribution < 1.29 is 14.2 Å². The molecule has 0 saturated carbocycles. The van der Waals surface area contributed by atoms with Crippen molar-refractivity contribution in [3.8, 4) is 17.2 Å². The molecule has 0 aromatic heterocycles. The van der Waals surface area contributed by atoms with Crippen LogP contribution in [0.2, 0.25) is 0 Å². The van der Waals surface area contributed by atoms with Crippen molar-refractivity contribution in [2.45, 2.75) is 32.0 Å². The lowest BCUT2D eigenvalue weighted by atomic mass is 9.70. The normalized spacial score (nSPS) is 18.5. The summed E-state index contributed by atoms with van der Waals surface area (Å²) in [6.45, 7) is 6.86. The zero-order valence-corrected chi connectivity index (χ0v) is 21.0. The van der Waals surface area contributed by atoms with E-state index in [-0.39, 0.29) is 5.41 Å². The van der Waals surface area contributed by atoms with Crippen LogP contribution in [0.15, 0.2) is 54.6 Å². The molecular formula is C29H33N3O3. The number of hydrogen-bond acceptors (Lipinski definition) is 6. The molecule has 0 saturated heterocycles. The Morgan fingerprint density at radius 3 is 1.17 bits per heavy atom. The van der Waals surface area contributed by atoms with Gasteiger partial charge in [0.05, 0.1) is 0 Å². The second-order valence-electron chi connectivity index (χ2n) is 10.5. The molecule has 6 heteroatoms. The molecule has 6 rings (SSSR count). The van der Waals surface area contributed by atoms with Crippen molar-refractivity contribution in [1.82, 2.24) is 14.7 Å². The van der Waals surface area contributed by atoms with E-state index in [1.165, 1.54) is 33.4 Å². The lowest BCUT2D eigenvalue weighted by molar-refractivity contribution is 0.121. The van der Waals surface area contributed by atoms with E-state index in [4.69, 9.17) is 14.2 Å². The standard InChI is InChI=1S/C29H33N3O3/c1-29(23-5-8-26-20(11-23)14-30(2)17-33-26,24-6-9-27-21(12-24)15-31(3)18-34-27)25-7-10-28-22(13-25)16-32(4)19-35-28/h5-13H,14-19H2,1-4H3. The average molecular weight is 472 g/mol. The fourth-order valence-corrected chi connectivity index (χ4v) is 5.51. The molecule has 0 bridgehead atoms. The van der Waals surface area contributed by atoms with Gasteiger partial charge in [0.25, 0.3) is 0 Å². The highest BCUT2D eigenvalue weighted by Gasteiger charge is 2.34. The molecule has 0 fully saturated rings. The number of rotatable bonds is 3. The molecule has 3 aromatic carbocycles. The summed E-state index contributed by atoms with van der Waals surface area (Å²) in [5.41, 5.74) is 7.08. The van der Waals surface area contributed by atoms with Crippen LogP contribution in [0, 0.1) is 0 Å². The Labute approximate surface area is 207 Å². The topological polar surface area (TPSA) is 37.4 Å². The SMILES string of the molecule is CN1COc2ccc(C(C)(c3ccc4c(c3)CN(C)CO4)c3ccc4c(c3)CN(C)CO4)cc2C1. The molecule has 0 atom stereocenters. The molecule has 35 heavy (non-hydrogen) atoms. The number of ether oxygens (including phenoxy) is 3. The summed E-state index contributed by atoms with van der Waals surface area (Å²) < 4.78 is 17.9. The molecule has 0 N–H and O–H groups in total. The molecule has 3 aliphatic heterocycles. The third-order valence-electron chi connectivity index (χ3n) is 7.56. The van der Waals surface area contributed by atoms with E-state index in [1.54, 1.807) is 0 Å². The van der Waals surface area contributed by atoms with Crippen LogP contribution in [-0.4, -0.2) is 56.0 Å². The van der Waals surface area contributed by atoms with Gasteiger partial charge < -0.3 is 14.2 Å². The summed E-state index contributed by atoms with van der Waals surface area (Å²) in [4.78, 5) is 6.59. The van der Waals surface area contributed by atoms with Crippen molar-refractivity contribution in [1.29, 1.82) is 0 Å². The maximum atomic E-state index is 5.97. The molecule has 0 spiro atoms. The van der Waals surface area contributed by atoms with Crippen LogP contribution in [0.1, 0.15) is 40.3 Å². The molecule has 3 heterocycles. The van der Waals surface area contributed by atoms with Crippen molar-refractivity contribution in [3.05, 3.63) is 88.0 Å². The van der Waals surface area contributed by atoms with E-state index in [0.29, 0.717) is 20.2 Å². The second-order valence-corrected chi connectivity index (χ2v) is 10.5.